The summed E-state index contributed by atoms with van der Waals surface area (Å²) < 4.78 is 5.43. The number of carbonyl (C=O) groups excluding carboxylic acids is 2. The summed E-state index contributed by atoms with van der Waals surface area (Å²) in [5.41, 5.74) is 4.23. The molecule has 0 unspecified atom stereocenters. The first-order valence-corrected chi connectivity index (χ1v) is 11.7. The number of hydrogen-bond acceptors (Lipinski definition) is 5. The van der Waals surface area contributed by atoms with Crippen molar-refractivity contribution in [1.82, 2.24) is 15.6 Å². The molecule has 2 aromatic carbocycles. The van der Waals surface area contributed by atoms with E-state index in [0.29, 0.717) is 25.1 Å². The monoisotopic (exact) mass is 452 g/mol. The number of nitrogens with zero attached hydrogens (tertiary/aromatic N) is 2. The number of hydrogen-bond donors (Lipinski definition) is 2. The van der Waals surface area contributed by atoms with Crippen molar-refractivity contribution in [2.24, 2.45) is 5.10 Å². The van der Waals surface area contributed by atoms with E-state index in [0.717, 1.165) is 37.2 Å². The maximum atomic E-state index is 12.8. The van der Waals surface area contributed by atoms with Gasteiger partial charge in [-0.3, -0.25) is 14.5 Å². The normalized spacial score (nSPS) is 12.0. The van der Waals surface area contributed by atoms with Crippen molar-refractivity contribution in [3.63, 3.8) is 0 Å². The van der Waals surface area contributed by atoms with Gasteiger partial charge >= 0.3 is 0 Å². The Labute approximate surface area is 197 Å². The molecule has 0 aromatic heterocycles. The highest BCUT2D eigenvalue weighted by molar-refractivity contribution is 5.94. The van der Waals surface area contributed by atoms with Crippen LogP contribution in [-0.2, 0) is 4.79 Å². The molecule has 2 rings (SSSR count). The topological polar surface area (TPSA) is 83.0 Å². The molecule has 1 atom stereocenters. The van der Waals surface area contributed by atoms with Gasteiger partial charge in [-0.05, 0) is 81.2 Å². The van der Waals surface area contributed by atoms with E-state index in [1.165, 1.54) is 0 Å². The minimum Gasteiger partial charge on any atom is -0.494 e. The van der Waals surface area contributed by atoms with E-state index in [2.05, 4.69) is 20.7 Å². The van der Waals surface area contributed by atoms with E-state index in [-0.39, 0.29) is 17.9 Å². The van der Waals surface area contributed by atoms with Crippen LogP contribution in [0.4, 0.5) is 0 Å². The quantitative estimate of drug-likeness (QED) is 0.259. The molecule has 2 aromatic rings. The van der Waals surface area contributed by atoms with Crippen LogP contribution in [0.3, 0.4) is 0 Å². The molecule has 178 valence electrons. The molecule has 0 saturated carbocycles. The van der Waals surface area contributed by atoms with Crippen molar-refractivity contribution in [2.45, 2.75) is 46.1 Å². The molecule has 0 radical (unpaired) electrons. The van der Waals surface area contributed by atoms with E-state index in [4.69, 9.17) is 4.74 Å². The van der Waals surface area contributed by atoms with Crippen LogP contribution in [0.5, 0.6) is 5.75 Å². The molecule has 0 aliphatic heterocycles. The number of unbranched alkanes of at least 4 members (excludes halogenated alkanes) is 1. The average Bonchev–Trinajstić information content (AvgIpc) is 2.85. The van der Waals surface area contributed by atoms with Gasteiger partial charge in [-0.2, -0.15) is 5.10 Å². The van der Waals surface area contributed by atoms with Crippen LogP contribution in [0.2, 0.25) is 0 Å². The second kappa shape index (κ2) is 14.8. The average molecular weight is 453 g/mol. The number of nitrogens with one attached hydrogen (secondary N) is 2. The molecule has 0 heterocycles. The zero-order chi connectivity index (χ0) is 23.9. The van der Waals surface area contributed by atoms with Crippen molar-refractivity contribution < 1.29 is 14.3 Å². The predicted octanol–water partition coefficient (Wildman–Crippen LogP) is 3.85. The summed E-state index contributed by atoms with van der Waals surface area (Å²) in [5.74, 6) is 0.617. The van der Waals surface area contributed by atoms with Gasteiger partial charge in [0.1, 0.15) is 5.75 Å². The lowest BCUT2D eigenvalue weighted by Gasteiger charge is -2.28. The molecule has 7 heteroatoms. The summed E-state index contributed by atoms with van der Waals surface area (Å²) in [6.45, 7) is 8.80. The Morgan fingerprint density at radius 3 is 2.33 bits per heavy atom. The second-order valence-electron chi connectivity index (χ2n) is 7.59. The highest BCUT2D eigenvalue weighted by atomic mass is 16.5. The van der Waals surface area contributed by atoms with Gasteiger partial charge in [0.05, 0.1) is 18.9 Å². The Hall–Kier alpha value is -3.19. The standard InChI is InChI=1S/C26H36N4O3/c1-4-30(5-2)24(14-10-11-19-27-25(31)22-12-8-7-9-13-22)26(32)29-28-20-21-15-17-23(18-16-21)33-6-3/h7-9,12-13,15-18,20,24H,4-6,10-11,14,19H2,1-3H3,(H,27,31)(H,29,32)/b28-20+/t24-/m1/s1. The summed E-state index contributed by atoms with van der Waals surface area (Å²) in [5, 5.41) is 7.08. The number of hydrazone groups is 1. The van der Waals surface area contributed by atoms with Crippen LogP contribution in [0.25, 0.3) is 0 Å². The van der Waals surface area contributed by atoms with Crippen LogP contribution in [0.1, 0.15) is 56.0 Å². The third-order valence-electron chi connectivity index (χ3n) is 5.36. The second-order valence-corrected chi connectivity index (χ2v) is 7.59. The largest absolute Gasteiger partial charge is 0.494 e. The molecule has 0 spiro atoms. The fraction of sp³-hybridized carbons (Fsp3) is 0.423. The Kier molecular flexibility index (Phi) is 11.7. The van der Waals surface area contributed by atoms with Gasteiger partial charge in [-0.1, -0.05) is 32.0 Å². The molecule has 33 heavy (non-hydrogen) atoms. The minimum atomic E-state index is -0.262. The van der Waals surface area contributed by atoms with Gasteiger partial charge in [0.2, 0.25) is 0 Å². The lowest BCUT2D eigenvalue weighted by Crippen LogP contribution is -2.45. The Morgan fingerprint density at radius 1 is 1.00 bits per heavy atom. The van der Waals surface area contributed by atoms with Crippen LogP contribution in [-0.4, -0.2) is 55.2 Å². The molecule has 7 nitrogen and oxygen atoms in total. The molecule has 0 saturated heterocycles. The summed E-state index contributed by atoms with van der Waals surface area (Å²) in [6, 6.07) is 16.5. The number of carbonyl (C=O) groups is 2. The Balaban J connectivity index is 1.82. The summed E-state index contributed by atoms with van der Waals surface area (Å²) >= 11 is 0. The Morgan fingerprint density at radius 2 is 1.70 bits per heavy atom. The van der Waals surface area contributed by atoms with Crippen molar-refractivity contribution in [2.75, 3.05) is 26.2 Å². The summed E-state index contributed by atoms with van der Waals surface area (Å²) in [4.78, 5) is 27.1. The van der Waals surface area contributed by atoms with Gasteiger partial charge < -0.3 is 10.1 Å². The number of amides is 2. The van der Waals surface area contributed by atoms with Crippen molar-refractivity contribution >= 4 is 18.0 Å². The van der Waals surface area contributed by atoms with Gasteiger partial charge in [-0.15, -0.1) is 0 Å². The predicted molar refractivity (Wildman–Crippen MR) is 133 cm³/mol. The van der Waals surface area contributed by atoms with E-state index in [9.17, 15) is 9.59 Å². The zero-order valence-corrected chi connectivity index (χ0v) is 19.9. The SMILES string of the molecule is CCOc1ccc(/C=N/NC(=O)[C@@H](CCCCNC(=O)c2ccccc2)N(CC)CC)cc1. The van der Waals surface area contributed by atoms with Gasteiger partial charge in [-0.25, -0.2) is 5.43 Å². The maximum absolute atomic E-state index is 12.8. The zero-order valence-electron chi connectivity index (χ0n) is 19.9. The van der Waals surface area contributed by atoms with E-state index in [1.807, 2.05) is 63.2 Å². The minimum absolute atomic E-state index is 0.0720. The fourth-order valence-corrected chi connectivity index (χ4v) is 3.56. The lowest BCUT2D eigenvalue weighted by molar-refractivity contribution is -0.126. The molecule has 2 amide bonds. The number of rotatable bonds is 14. The molecule has 2 N–H and O–H groups in total. The van der Waals surface area contributed by atoms with Gasteiger partial charge in [0.15, 0.2) is 0 Å². The molecule has 0 bridgehead atoms. The van der Waals surface area contributed by atoms with E-state index >= 15 is 0 Å². The first-order chi connectivity index (χ1) is 16.1. The van der Waals surface area contributed by atoms with Crippen LogP contribution in [0, 0.1) is 0 Å². The third-order valence-corrected chi connectivity index (χ3v) is 5.36. The number of ether oxygens (including phenoxy) is 1. The highest BCUT2D eigenvalue weighted by Crippen LogP contribution is 2.11. The lowest BCUT2D eigenvalue weighted by atomic mass is 10.1. The first-order valence-electron chi connectivity index (χ1n) is 11.7. The van der Waals surface area contributed by atoms with Crippen LogP contribution in [0.15, 0.2) is 59.7 Å². The molecular weight excluding hydrogens is 416 g/mol. The smallest absolute Gasteiger partial charge is 0.257 e. The van der Waals surface area contributed by atoms with E-state index in [1.54, 1.807) is 18.3 Å². The Bertz CT molecular complexity index is 865. The molecule has 0 aliphatic carbocycles. The first kappa shape index (κ1) is 26.1. The van der Waals surface area contributed by atoms with Crippen LogP contribution < -0.4 is 15.5 Å². The van der Waals surface area contributed by atoms with Crippen molar-refractivity contribution in [1.29, 1.82) is 0 Å². The van der Waals surface area contributed by atoms with Gasteiger partial charge in [0.25, 0.3) is 11.8 Å². The van der Waals surface area contributed by atoms with Crippen molar-refractivity contribution in [3.05, 3.63) is 65.7 Å². The molecule has 0 aliphatic rings. The highest BCUT2D eigenvalue weighted by Gasteiger charge is 2.23. The fourth-order valence-electron chi connectivity index (χ4n) is 3.56. The van der Waals surface area contributed by atoms with Crippen molar-refractivity contribution in [3.8, 4) is 5.75 Å². The molecular formula is C26H36N4O3. The number of benzene rings is 2. The van der Waals surface area contributed by atoms with Crippen LogP contribution >= 0.6 is 0 Å². The summed E-state index contributed by atoms with van der Waals surface area (Å²) in [7, 11) is 0. The number of likely N-dealkylation sites (N-methyl/N-ethyl adjacent to an activating group) is 1. The van der Waals surface area contributed by atoms with Gasteiger partial charge in [0, 0.05) is 12.1 Å². The third kappa shape index (κ3) is 9.06. The molecule has 0 fully saturated rings. The maximum Gasteiger partial charge on any atom is 0.257 e. The summed E-state index contributed by atoms with van der Waals surface area (Å²) in [6.07, 6.45) is 3.96. The van der Waals surface area contributed by atoms with E-state index < -0.39 is 0 Å².